The number of carbonyl (C=O) groups is 3. The quantitative estimate of drug-likeness (QED) is 0.614. The third-order valence-corrected chi connectivity index (χ3v) is 4.94. The number of halogens is 1. The molecule has 1 fully saturated rings. The number of rotatable bonds is 5. The zero-order valence-electron chi connectivity index (χ0n) is 15.9. The summed E-state index contributed by atoms with van der Waals surface area (Å²) in [5.74, 6) is -1.77. The second-order valence-corrected chi connectivity index (χ2v) is 6.92. The first-order valence-corrected chi connectivity index (χ1v) is 9.42. The van der Waals surface area contributed by atoms with Crippen LogP contribution in [0.5, 0.6) is 0 Å². The molecule has 7 heteroatoms. The van der Waals surface area contributed by atoms with E-state index in [0.717, 1.165) is 4.90 Å². The van der Waals surface area contributed by atoms with E-state index in [2.05, 4.69) is 4.98 Å². The van der Waals surface area contributed by atoms with Crippen LogP contribution in [0.25, 0.3) is 0 Å². The molecule has 4 rings (SSSR count). The van der Waals surface area contributed by atoms with Gasteiger partial charge in [0.2, 0.25) is 5.91 Å². The van der Waals surface area contributed by atoms with Crippen LogP contribution in [0.4, 0.5) is 10.1 Å². The molecule has 1 unspecified atom stereocenters. The minimum atomic E-state index is -0.963. The Bertz CT molecular complexity index is 1070. The summed E-state index contributed by atoms with van der Waals surface area (Å²) >= 11 is 0. The molecule has 0 aliphatic carbocycles. The maximum atomic E-state index is 13.3. The molecular formula is C23H18FN3O3. The number of imide groups is 1. The molecule has 0 spiro atoms. The maximum Gasteiger partial charge on any atom is 0.257 e. The van der Waals surface area contributed by atoms with Gasteiger partial charge in [-0.1, -0.05) is 24.3 Å². The molecule has 6 nitrogen and oxygen atoms in total. The SMILES string of the molecule is O=C1CC(N(Cc2cccnc2)C(=O)c2ccc(F)cc2)C(=O)N1c1ccccc1. The predicted molar refractivity (Wildman–Crippen MR) is 108 cm³/mol. The standard InChI is InChI=1S/C23H18FN3O3/c24-18-10-8-17(9-11-18)22(29)26(15-16-5-4-12-25-14-16)20-13-21(28)27(23(20)30)19-6-2-1-3-7-19/h1-12,14,20H,13,15H2. The second-order valence-electron chi connectivity index (χ2n) is 6.92. The van der Waals surface area contributed by atoms with E-state index in [1.165, 1.54) is 29.2 Å². The molecule has 0 N–H and O–H groups in total. The van der Waals surface area contributed by atoms with Crippen molar-refractivity contribution in [2.75, 3.05) is 4.90 Å². The zero-order valence-corrected chi connectivity index (χ0v) is 15.9. The molecule has 1 atom stereocenters. The normalized spacial score (nSPS) is 16.0. The molecule has 1 aromatic heterocycles. The smallest absolute Gasteiger partial charge is 0.257 e. The lowest BCUT2D eigenvalue weighted by molar-refractivity contribution is -0.122. The van der Waals surface area contributed by atoms with E-state index in [1.807, 2.05) is 0 Å². The van der Waals surface area contributed by atoms with Crippen molar-refractivity contribution in [3.8, 4) is 0 Å². The van der Waals surface area contributed by atoms with Crippen LogP contribution < -0.4 is 4.90 Å². The van der Waals surface area contributed by atoms with Crippen molar-refractivity contribution in [3.63, 3.8) is 0 Å². The lowest BCUT2D eigenvalue weighted by Crippen LogP contribution is -2.45. The number of hydrogen-bond donors (Lipinski definition) is 0. The first-order chi connectivity index (χ1) is 14.5. The molecule has 2 aromatic carbocycles. The molecule has 30 heavy (non-hydrogen) atoms. The summed E-state index contributed by atoms with van der Waals surface area (Å²) in [4.78, 5) is 45.6. The van der Waals surface area contributed by atoms with Gasteiger partial charge in [0.05, 0.1) is 12.1 Å². The minimum Gasteiger partial charge on any atom is -0.322 e. The van der Waals surface area contributed by atoms with E-state index in [4.69, 9.17) is 0 Å². The molecule has 0 saturated carbocycles. The first-order valence-electron chi connectivity index (χ1n) is 9.42. The van der Waals surface area contributed by atoms with Crippen molar-refractivity contribution < 1.29 is 18.8 Å². The highest BCUT2D eigenvalue weighted by molar-refractivity contribution is 6.23. The summed E-state index contributed by atoms with van der Waals surface area (Å²) in [7, 11) is 0. The fourth-order valence-corrected chi connectivity index (χ4v) is 3.48. The monoisotopic (exact) mass is 403 g/mol. The number of para-hydroxylation sites is 1. The average Bonchev–Trinajstić information content (AvgIpc) is 3.07. The van der Waals surface area contributed by atoms with E-state index in [1.54, 1.807) is 54.9 Å². The Kier molecular flexibility index (Phi) is 5.34. The number of pyridine rings is 1. The van der Waals surface area contributed by atoms with Crippen LogP contribution in [0, 0.1) is 5.82 Å². The van der Waals surface area contributed by atoms with Crippen LogP contribution in [0.2, 0.25) is 0 Å². The summed E-state index contributed by atoms with van der Waals surface area (Å²) in [5, 5.41) is 0. The molecule has 0 radical (unpaired) electrons. The van der Waals surface area contributed by atoms with E-state index in [9.17, 15) is 18.8 Å². The highest BCUT2D eigenvalue weighted by atomic mass is 19.1. The van der Waals surface area contributed by atoms with Crippen LogP contribution in [0.15, 0.2) is 79.1 Å². The Labute approximate surface area is 172 Å². The number of amides is 3. The Morgan fingerprint density at radius 3 is 2.43 bits per heavy atom. The van der Waals surface area contributed by atoms with E-state index < -0.39 is 23.7 Å². The zero-order chi connectivity index (χ0) is 21.1. The summed E-state index contributed by atoms with van der Waals surface area (Å²) < 4.78 is 13.3. The molecule has 1 aliphatic heterocycles. The van der Waals surface area contributed by atoms with Crippen molar-refractivity contribution in [2.45, 2.75) is 19.0 Å². The Balaban J connectivity index is 1.68. The fraction of sp³-hybridized carbons (Fsp3) is 0.130. The van der Waals surface area contributed by atoms with Gasteiger partial charge in [0.1, 0.15) is 11.9 Å². The first kappa shape index (κ1) is 19.4. The van der Waals surface area contributed by atoms with Gasteiger partial charge in [0.25, 0.3) is 11.8 Å². The molecule has 1 aliphatic rings. The Morgan fingerprint density at radius 2 is 1.77 bits per heavy atom. The topological polar surface area (TPSA) is 70.6 Å². The number of aromatic nitrogens is 1. The van der Waals surface area contributed by atoms with Gasteiger partial charge in [0.15, 0.2) is 0 Å². The number of nitrogens with zero attached hydrogens (tertiary/aromatic N) is 3. The third kappa shape index (κ3) is 3.82. The summed E-state index contributed by atoms with van der Waals surface area (Å²) in [5.41, 5.74) is 1.41. The van der Waals surface area contributed by atoms with Gasteiger partial charge in [-0.05, 0) is 48.0 Å². The van der Waals surface area contributed by atoms with Crippen LogP contribution in [-0.4, -0.2) is 33.6 Å². The van der Waals surface area contributed by atoms with E-state index in [0.29, 0.717) is 11.3 Å². The van der Waals surface area contributed by atoms with Gasteiger partial charge in [-0.25, -0.2) is 9.29 Å². The third-order valence-electron chi connectivity index (χ3n) is 4.94. The molecular weight excluding hydrogens is 385 g/mol. The van der Waals surface area contributed by atoms with Crippen LogP contribution in [0.1, 0.15) is 22.3 Å². The van der Waals surface area contributed by atoms with Crippen LogP contribution >= 0.6 is 0 Å². The number of anilines is 1. The molecule has 3 aromatic rings. The van der Waals surface area contributed by atoms with Gasteiger partial charge in [-0.3, -0.25) is 19.4 Å². The minimum absolute atomic E-state index is 0.0936. The van der Waals surface area contributed by atoms with Gasteiger partial charge in [-0.15, -0.1) is 0 Å². The Hall–Kier alpha value is -3.87. The largest absolute Gasteiger partial charge is 0.322 e. The average molecular weight is 403 g/mol. The van der Waals surface area contributed by atoms with Crippen LogP contribution in [0.3, 0.4) is 0 Å². The summed E-state index contributed by atoms with van der Waals surface area (Å²) in [6.45, 7) is 0.0936. The summed E-state index contributed by atoms with van der Waals surface area (Å²) in [6.07, 6.45) is 3.08. The van der Waals surface area contributed by atoms with Crippen molar-refractivity contribution in [2.24, 2.45) is 0 Å². The van der Waals surface area contributed by atoms with Crippen molar-refractivity contribution in [1.29, 1.82) is 0 Å². The predicted octanol–water partition coefficient (Wildman–Crippen LogP) is 3.20. The highest BCUT2D eigenvalue weighted by Crippen LogP contribution is 2.27. The van der Waals surface area contributed by atoms with Crippen molar-refractivity contribution >= 4 is 23.4 Å². The van der Waals surface area contributed by atoms with Gasteiger partial charge >= 0.3 is 0 Å². The van der Waals surface area contributed by atoms with Gasteiger partial charge in [-0.2, -0.15) is 0 Å². The molecule has 3 amide bonds. The second kappa shape index (κ2) is 8.24. The summed E-state index contributed by atoms with van der Waals surface area (Å²) in [6, 6.07) is 16.3. The lowest BCUT2D eigenvalue weighted by atomic mass is 10.1. The molecule has 2 heterocycles. The number of carbonyl (C=O) groups excluding carboxylic acids is 3. The van der Waals surface area contributed by atoms with Crippen molar-refractivity contribution in [3.05, 3.63) is 96.1 Å². The molecule has 150 valence electrons. The van der Waals surface area contributed by atoms with Crippen LogP contribution in [-0.2, 0) is 16.1 Å². The van der Waals surface area contributed by atoms with E-state index in [-0.39, 0.29) is 24.4 Å². The fourth-order valence-electron chi connectivity index (χ4n) is 3.48. The molecule has 1 saturated heterocycles. The van der Waals surface area contributed by atoms with Crippen molar-refractivity contribution in [1.82, 2.24) is 9.88 Å². The van der Waals surface area contributed by atoms with Gasteiger partial charge < -0.3 is 4.90 Å². The molecule has 0 bridgehead atoms. The van der Waals surface area contributed by atoms with Gasteiger partial charge in [0, 0.05) is 24.5 Å². The number of hydrogen-bond acceptors (Lipinski definition) is 4. The van der Waals surface area contributed by atoms with E-state index >= 15 is 0 Å². The maximum absolute atomic E-state index is 13.3. The number of benzene rings is 2. The Morgan fingerprint density at radius 1 is 1.03 bits per heavy atom. The highest BCUT2D eigenvalue weighted by Gasteiger charge is 2.44. The lowest BCUT2D eigenvalue weighted by Gasteiger charge is -2.28.